The quantitative estimate of drug-likeness (QED) is 0.558. The largest absolute Gasteiger partial charge is 0.348 e. The molecule has 33 heavy (non-hydrogen) atoms. The molecule has 2 bridgehead atoms. The number of Topliss-reactive ketones (excluding diaryl/α,β-unsaturated/α-hetero) is 2. The van der Waals surface area contributed by atoms with Crippen LogP contribution in [0.5, 0.6) is 0 Å². The molecule has 9 nitrogen and oxygen atoms in total. The van der Waals surface area contributed by atoms with Crippen molar-refractivity contribution in [2.24, 2.45) is 11.8 Å². The molecule has 0 radical (unpaired) electrons. The highest BCUT2D eigenvalue weighted by molar-refractivity contribution is 7.89. The van der Waals surface area contributed by atoms with E-state index in [4.69, 9.17) is 0 Å². The molecule has 0 aliphatic carbocycles. The van der Waals surface area contributed by atoms with Gasteiger partial charge in [0.1, 0.15) is 0 Å². The Morgan fingerprint density at radius 3 is 2.67 bits per heavy atom. The van der Waals surface area contributed by atoms with E-state index in [1.165, 1.54) is 12.1 Å². The number of hydrogen-bond donors (Lipinski definition) is 2. The third-order valence-electron chi connectivity index (χ3n) is 5.58. The summed E-state index contributed by atoms with van der Waals surface area (Å²) >= 11 is 0. The molecule has 0 saturated heterocycles. The van der Waals surface area contributed by atoms with Crippen molar-refractivity contribution in [2.45, 2.75) is 57.0 Å². The Labute approximate surface area is 194 Å². The maximum absolute atomic E-state index is 13.2. The minimum absolute atomic E-state index is 0.0369. The zero-order chi connectivity index (χ0) is 24.0. The average molecular weight is 475 g/mol. The summed E-state index contributed by atoms with van der Waals surface area (Å²) in [5.74, 6) is -2.58. The number of hydrogen-bond acceptors (Lipinski definition) is 6. The van der Waals surface area contributed by atoms with Crippen molar-refractivity contribution in [2.75, 3.05) is 6.54 Å². The molecule has 1 aliphatic rings. The van der Waals surface area contributed by atoms with Crippen LogP contribution in [0.4, 0.5) is 0 Å². The molecule has 2 aromatic rings. The topological polar surface area (TPSA) is 127 Å². The number of fused-ring (bicyclic) bond motifs is 2. The van der Waals surface area contributed by atoms with E-state index in [0.717, 1.165) is 5.56 Å². The Bertz CT molecular complexity index is 1100. The standard InChI is InChI=1S/C23H30N4O5S/c1-16(2)12-20(26-33(31,32)19-6-4-3-5-7-19)21(28)13-18-9-8-17-14-25-27(15-17)11-10-24-23(30)22(18)29/h3-7,14-16,18,20,26H,8-13H2,1-2H3,(H,24,30). The fraction of sp³-hybridized carbons (Fsp3) is 0.478. The zero-order valence-corrected chi connectivity index (χ0v) is 19.7. The number of rotatable bonds is 8. The number of nitrogens with one attached hydrogen (secondary N) is 2. The van der Waals surface area contributed by atoms with Gasteiger partial charge in [-0.3, -0.25) is 19.1 Å². The number of benzene rings is 1. The van der Waals surface area contributed by atoms with Crippen LogP contribution < -0.4 is 10.0 Å². The lowest BCUT2D eigenvalue weighted by Crippen LogP contribution is -2.44. The van der Waals surface area contributed by atoms with Gasteiger partial charge in [0.15, 0.2) is 5.78 Å². The summed E-state index contributed by atoms with van der Waals surface area (Å²) in [5.41, 5.74) is 0.915. The lowest BCUT2D eigenvalue weighted by atomic mass is 9.87. The summed E-state index contributed by atoms with van der Waals surface area (Å²) in [5, 5.41) is 6.81. The fourth-order valence-corrected chi connectivity index (χ4v) is 5.09. The van der Waals surface area contributed by atoms with Crippen LogP contribution in [0.15, 0.2) is 47.6 Å². The molecular formula is C23H30N4O5S. The van der Waals surface area contributed by atoms with Crippen LogP contribution in [0.3, 0.4) is 0 Å². The molecule has 1 aliphatic heterocycles. The minimum Gasteiger partial charge on any atom is -0.348 e. The Morgan fingerprint density at radius 1 is 1.24 bits per heavy atom. The second-order valence-electron chi connectivity index (χ2n) is 8.75. The van der Waals surface area contributed by atoms with Gasteiger partial charge in [-0.15, -0.1) is 0 Å². The summed E-state index contributed by atoms with van der Waals surface area (Å²) in [6.45, 7) is 4.47. The summed E-state index contributed by atoms with van der Waals surface area (Å²) in [6, 6.07) is 6.84. The number of aromatic nitrogens is 2. The number of nitrogens with zero attached hydrogens (tertiary/aromatic N) is 2. The number of ketones is 2. The van der Waals surface area contributed by atoms with Gasteiger partial charge in [0.2, 0.25) is 15.8 Å². The third-order valence-corrected chi connectivity index (χ3v) is 7.07. The van der Waals surface area contributed by atoms with E-state index < -0.39 is 39.5 Å². The smallest absolute Gasteiger partial charge is 0.287 e. The highest BCUT2D eigenvalue weighted by atomic mass is 32.2. The number of aryl methyl sites for hydroxylation is 1. The summed E-state index contributed by atoms with van der Waals surface area (Å²) in [4.78, 5) is 38.4. The van der Waals surface area contributed by atoms with Crippen molar-refractivity contribution >= 4 is 27.5 Å². The van der Waals surface area contributed by atoms with E-state index in [1.54, 1.807) is 29.1 Å². The number of carbonyl (C=O) groups excluding carboxylic acids is 3. The van der Waals surface area contributed by atoms with Gasteiger partial charge < -0.3 is 5.32 Å². The van der Waals surface area contributed by atoms with Gasteiger partial charge in [-0.25, -0.2) is 13.1 Å². The second kappa shape index (κ2) is 10.8. The SMILES string of the molecule is CC(C)CC(NS(=O)(=O)c1ccccc1)C(=O)CC1CCc2cnn(c2)CCNC(=O)C1=O. The van der Waals surface area contributed by atoms with Crippen LogP contribution in [0, 0.1) is 11.8 Å². The van der Waals surface area contributed by atoms with Crippen LogP contribution in [-0.4, -0.2) is 48.3 Å². The summed E-state index contributed by atoms with van der Waals surface area (Å²) in [6.07, 6.45) is 4.42. The van der Waals surface area contributed by atoms with Crippen LogP contribution in [0.2, 0.25) is 0 Å². The van der Waals surface area contributed by atoms with E-state index in [2.05, 4.69) is 15.1 Å². The second-order valence-corrected chi connectivity index (χ2v) is 10.5. The first-order valence-corrected chi connectivity index (χ1v) is 12.6. The zero-order valence-electron chi connectivity index (χ0n) is 18.9. The lowest BCUT2D eigenvalue weighted by molar-refractivity contribution is -0.141. The molecule has 2 unspecified atom stereocenters. The first-order valence-electron chi connectivity index (χ1n) is 11.1. The number of sulfonamides is 1. The predicted octanol–water partition coefficient (Wildman–Crippen LogP) is 1.48. The van der Waals surface area contributed by atoms with Gasteiger partial charge >= 0.3 is 0 Å². The maximum atomic E-state index is 13.2. The van der Waals surface area contributed by atoms with Gasteiger partial charge in [-0.1, -0.05) is 32.0 Å². The lowest BCUT2D eigenvalue weighted by Gasteiger charge is -2.22. The molecule has 3 rings (SSSR count). The van der Waals surface area contributed by atoms with Crippen molar-refractivity contribution < 1.29 is 22.8 Å². The highest BCUT2D eigenvalue weighted by Crippen LogP contribution is 2.20. The fourth-order valence-electron chi connectivity index (χ4n) is 3.84. The Hall–Kier alpha value is -2.85. The minimum atomic E-state index is -3.92. The van der Waals surface area contributed by atoms with Crippen LogP contribution in [0.25, 0.3) is 0 Å². The molecule has 2 atom stereocenters. The predicted molar refractivity (Wildman–Crippen MR) is 122 cm³/mol. The molecule has 0 spiro atoms. The Kier molecular flexibility index (Phi) is 8.15. The van der Waals surface area contributed by atoms with E-state index in [1.807, 2.05) is 20.0 Å². The molecule has 1 aromatic heterocycles. The van der Waals surface area contributed by atoms with Crippen LogP contribution in [0.1, 0.15) is 38.7 Å². The van der Waals surface area contributed by atoms with Gasteiger partial charge in [-0.2, -0.15) is 5.10 Å². The van der Waals surface area contributed by atoms with Gasteiger partial charge in [0.25, 0.3) is 5.91 Å². The molecule has 10 heteroatoms. The van der Waals surface area contributed by atoms with Crippen molar-refractivity contribution in [3.63, 3.8) is 0 Å². The van der Waals surface area contributed by atoms with E-state index in [9.17, 15) is 22.8 Å². The molecule has 1 aromatic carbocycles. The maximum Gasteiger partial charge on any atom is 0.287 e. The van der Waals surface area contributed by atoms with E-state index in [-0.39, 0.29) is 30.2 Å². The molecule has 1 amide bonds. The molecule has 2 N–H and O–H groups in total. The van der Waals surface area contributed by atoms with E-state index in [0.29, 0.717) is 19.4 Å². The van der Waals surface area contributed by atoms with E-state index >= 15 is 0 Å². The Balaban J connectivity index is 1.78. The number of amides is 1. The van der Waals surface area contributed by atoms with Crippen molar-refractivity contribution in [1.82, 2.24) is 19.8 Å². The number of carbonyl (C=O) groups is 3. The average Bonchev–Trinajstić information content (AvgIpc) is 3.22. The first kappa shape index (κ1) is 24.8. The summed E-state index contributed by atoms with van der Waals surface area (Å²) in [7, 11) is -3.92. The monoisotopic (exact) mass is 474 g/mol. The van der Waals surface area contributed by atoms with Crippen LogP contribution in [-0.2, 0) is 37.4 Å². The van der Waals surface area contributed by atoms with Crippen LogP contribution >= 0.6 is 0 Å². The normalized spacial score (nSPS) is 18.5. The van der Waals surface area contributed by atoms with Gasteiger partial charge in [0.05, 0.1) is 23.7 Å². The van der Waals surface area contributed by atoms with Gasteiger partial charge in [-0.05, 0) is 42.9 Å². The first-order chi connectivity index (χ1) is 15.7. The van der Waals surface area contributed by atoms with Crippen molar-refractivity contribution in [3.8, 4) is 0 Å². The van der Waals surface area contributed by atoms with Crippen molar-refractivity contribution in [1.29, 1.82) is 0 Å². The molecular weight excluding hydrogens is 444 g/mol. The van der Waals surface area contributed by atoms with Crippen molar-refractivity contribution in [3.05, 3.63) is 48.3 Å². The van der Waals surface area contributed by atoms with Gasteiger partial charge in [0, 0.05) is 25.1 Å². The molecule has 0 fully saturated rings. The Morgan fingerprint density at radius 2 is 1.97 bits per heavy atom. The molecule has 2 heterocycles. The highest BCUT2D eigenvalue weighted by Gasteiger charge is 2.32. The molecule has 0 saturated carbocycles. The molecule has 178 valence electrons. The summed E-state index contributed by atoms with van der Waals surface area (Å²) < 4.78 is 29.9. The third kappa shape index (κ3) is 6.82.